The maximum Gasteiger partial charge on any atom is 0.254 e. The summed E-state index contributed by atoms with van der Waals surface area (Å²) in [4.78, 5) is 13.8. The molecule has 0 fully saturated rings. The molecule has 1 N–H and O–H groups in total. The maximum atomic E-state index is 12.3. The molecule has 0 spiro atoms. The lowest BCUT2D eigenvalue weighted by atomic mass is 10.1. The molecule has 0 saturated heterocycles. The molecule has 1 aromatic rings. The highest BCUT2D eigenvalue weighted by Crippen LogP contribution is 2.14. The van der Waals surface area contributed by atoms with Gasteiger partial charge < -0.3 is 14.7 Å². The van der Waals surface area contributed by atoms with Gasteiger partial charge in [0.1, 0.15) is 0 Å². The molecule has 0 radical (unpaired) electrons. The molecule has 1 rings (SSSR count). The number of rotatable bonds is 5. The molecule has 0 aliphatic carbocycles. The molecule has 0 saturated carbocycles. The zero-order valence-corrected chi connectivity index (χ0v) is 11.4. The van der Waals surface area contributed by atoms with Crippen LogP contribution in [0.25, 0.3) is 0 Å². The van der Waals surface area contributed by atoms with Gasteiger partial charge in [-0.1, -0.05) is 18.2 Å². The van der Waals surface area contributed by atoms with Gasteiger partial charge >= 0.3 is 0 Å². The van der Waals surface area contributed by atoms with Gasteiger partial charge in [-0.05, 0) is 25.5 Å². The molecule has 0 atom stereocenters. The average Bonchev–Trinajstić information content (AvgIpc) is 2.27. The lowest BCUT2D eigenvalue weighted by molar-refractivity contribution is 0.0366. The van der Waals surface area contributed by atoms with Gasteiger partial charge in [-0.15, -0.1) is 0 Å². The van der Waals surface area contributed by atoms with E-state index in [9.17, 15) is 9.90 Å². The van der Waals surface area contributed by atoms with E-state index in [-0.39, 0.29) is 12.5 Å². The van der Waals surface area contributed by atoms with Crippen LogP contribution in [0.5, 0.6) is 0 Å². The van der Waals surface area contributed by atoms with Crippen molar-refractivity contribution in [2.45, 2.75) is 26.1 Å². The second kappa shape index (κ2) is 5.98. The minimum absolute atomic E-state index is 0.107. The van der Waals surface area contributed by atoms with Crippen LogP contribution in [-0.4, -0.2) is 42.2 Å². The molecule has 0 heterocycles. The molecule has 0 aromatic heterocycles. The van der Waals surface area contributed by atoms with Crippen molar-refractivity contribution in [3.8, 4) is 0 Å². The highest BCUT2D eigenvalue weighted by Gasteiger charge is 2.21. The number of benzene rings is 1. The van der Waals surface area contributed by atoms with Crippen molar-refractivity contribution in [1.29, 1.82) is 0 Å². The molecule has 1 amide bonds. The van der Waals surface area contributed by atoms with Gasteiger partial charge in [-0.3, -0.25) is 4.79 Å². The third kappa shape index (κ3) is 4.13. The van der Waals surface area contributed by atoms with Crippen LogP contribution in [-0.2, 0) is 11.3 Å². The number of carbonyl (C=O) groups is 1. The third-order valence-corrected chi connectivity index (χ3v) is 2.52. The second-order valence-corrected chi connectivity index (χ2v) is 5.06. The van der Waals surface area contributed by atoms with Gasteiger partial charge in [-0.2, -0.15) is 0 Å². The van der Waals surface area contributed by atoms with E-state index < -0.39 is 5.60 Å². The summed E-state index contributed by atoms with van der Waals surface area (Å²) in [7, 11) is 3.28. The molecule has 0 unspecified atom stereocenters. The number of hydrogen-bond acceptors (Lipinski definition) is 3. The fraction of sp³-hybridized carbons (Fsp3) is 0.500. The van der Waals surface area contributed by atoms with Crippen molar-refractivity contribution in [2.24, 2.45) is 0 Å². The number of aliphatic hydroxyl groups is 1. The van der Waals surface area contributed by atoms with Crippen LogP contribution in [0.1, 0.15) is 29.8 Å². The molecular weight excluding hydrogens is 230 g/mol. The molecule has 4 nitrogen and oxygen atoms in total. The van der Waals surface area contributed by atoms with Crippen LogP contribution in [0.3, 0.4) is 0 Å². The Kier molecular flexibility index (Phi) is 4.87. The maximum absolute atomic E-state index is 12.3. The minimum Gasteiger partial charge on any atom is -0.389 e. The first-order valence-electron chi connectivity index (χ1n) is 5.90. The fourth-order valence-corrected chi connectivity index (χ4v) is 1.87. The molecule has 100 valence electrons. The molecule has 0 aliphatic heterocycles. The Hall–Kier alpha value is -1.39. The standard InChI is InChI=1S/C14H21NO3/c1-14(2,17)10-15(3)13(16)12-8-6-5-7-11(12)9-18-4/h5-8,17H,9-10H2,1-4H3. The Balaban J connectivity index is 2.89. The molecular formula is C14H21NO3. The van der Waals surface area contributed by atoms with E-state index in [4.69, 9.17) is 4.74 Å². The zero-order valence-electron chi connectivity index (χ0n) is 11.4. The number of methoxy groups -OCH3 is 1. The largest absolute Gasteiger partial charge is 0.389 e. The Bertz CT molecular complexity index is 410. The van der Waals surface area contributed by atoms with E-state index in [1.54, 1.807) is 34.1 Å². The van der Waals surface area contributed by atoms with E-state index in [2.05, 4.69) is 0 Å². The summed E-state index contributed by atoms with van der Waals surface area (Å²) in [6.45, 7) is 4.04. The summed E-state index contributed by atoms with van der Waals surface area (Å²) in [6.07, 6.45) is 0. The Morgan fingerprint density at radius 1 is 1.39 bits per heavy atom. The first-order valence-corrected chi connectivity index (χ1v) is 5.90. The molecule has 4 heteroatoms. The van der Waals surface area contributed by atoms with E-state index in [1.807, 2.05) is 18.2 Å². The summed E-state index contributed by atoms with van der Waals surface area (Å²) in [5.41, 5.74) is 0.569. The van der Waals surface area contributed by atoms with E-state index in [1.165, 1.54) is 4.90 Å². The Morgan fingerprint density at radius 3 is 2.56 bits per heavy atom. The quantitative estimate of drug-likeness (QED) is 0.866. The van der Waals surface area contributed by atoms with Crippen LogP contribution in [0, 0.1) is 0 Å². The number of hydrogen-bond donors (Lipinski definition) is 1. The number of ether oxygens (including phenoxy) is 1. The average molecular weight is 251 g/mol. The predicted octanol–water partition coefficient (Wildman–Crippen LogP) is 1.68. The summed E-state index contributed by atoms with van der Waals surface area (Å²) in [5.74, 6) is -0.107. The lowest BCUT2D eigenvalue weighted by Crippen LogP contribution is -2.40. The Morgan fingerprint density at radius 2 is 2.00 bits per heavy atom. The topological polar surface area (TPSA) is 49.8 Å². The lowest BCUT2D eigenvalue weighted by Gasteiger charge is -2.26. The molecule has 0 bridgehead atoms. The predicted molar refractivity (Wildman–Crippen MR) is 70.4 cm³/mol. The third-order valence-electron chi connectivity index (χ3n) is 2.52. The van der Waals surface area contributed by atoms with E-state index in [0.29, 0.717) is 12.2 Å². The van der Waals surface area contributed by atoms with Crippen molar-refractivity contribution in [1.82, 2.24) is 4.90 Å². The van der Waals surface area contributed by atoms with Gasteiger partial charge in [0, 0.05) is 26.3 Å². The Labute approximate surface area is 108 Å². The number of likely N-dealkylation sites (N-methyl/N-ethyl adjacent to an activating group) is 1. The summed E-state index contributed by atoms with van der Waals surface area (Å²) < 4.78 is 5.08. The van der Waals surface area contributed by atoms with E-state index in [0.717, 1.165) is 5.56 Å². The molecule has 1 aromatic carbocycles. The smallest absolute Gasteiger partial charge is 0.254 e. The van der Waals surface area contributed by atoms with Crippen molar-refractivity contribution in [2.75, 3.05) is 20.7 Å². The van der Waals surface area contributed by atoms with Crippen molar-refractivity contribution in [3.63, 3.8) is 0 Å². The van der Waals surface area contributed by atoms with Crippen LogP contribution in [0.15, 0.2) is 24.3 Å². The van der Waals surface area contributed by atoms with Crippen LogP contribution >= 0.6 is 0 Å². The normalized spacial score (nSPS) is 11.4. The monoisotopic (exact) mass is 251 g/mol. The first kappa shape index (κ1) is 14.7. The minimum atomic E-state index is -0.902. The summed E-state index contributed by atoms with van der Waals surface area (Å²) in [5, 5.41) is 9.74. The number of nitrogens with zero attached hydrogens (tertiary/aromatic N) is 1. The van der Waals surface area contributed by atoms with Gasteiger partial charge in [-0.25, -0.2) is 0 Å². The first-order chi connectivity index (χ1) is 8.35. The van der Waals surface area contributed by atoms with Crippen LogP contribution in [0.2, 0.25) is 0 Å². The highest BCUT2D eigenvalue weighted by molar-refractivity contribution is 5.95. The van der Waals surface area contributed by atoms with Gasteiger partial charge in [0.25, 0.3) is 5.91 Å². The van der Waals surface area contributed by atoms with Crippen molar-refractivity contribution >= 4 is 5.91 Å². The number of carbonyl (C=O) groups excluding carboxylic acids is 1. The van der Waals surface area contributed by atoms with Crippen LogP contribution in [0.4, 0.5) is 0 Å². The van der Waals surface area contributed by atoms with Crippen molar-refractivity contribution in [3.05, 3.63) is 35.4 Å². The van der Waals surface area contributed by atoms with Gasteiger partial charge in [0.2, 0.25) is 0 Å². The van der Waals surface area contributed by atoms with Crippen molar-refractivity contribution < 1.29 is 14.6 Å². The van der Waals surface area contributed by atoms with Crippen LogP contribution < -0.4 is 0 Å². The molecule has 0 aliphatic rings. The molecule has 18 heavy (non-hydrogen) atoms. The summed E-state index contributed by atoms with van der Waals surface area (Å²) in [6, 6.07) is 7.34. The number of amides is 1. The van der Waals surface area contributed by atoms with E-state index >= 15 is 0 Å². The SMILES string of the molecule is COCc1ccccc1C(=O)N(C)CC(C)(C)O. The second-order valence-electron chi connectivity index (χ2n) is 5.06. The summed E-state index contributed by atoms with van der Waals surface area (Å²) >= 11 is 0. The highest BCUT2D eigenvalue weighted by atomic mass is 16.5. The van der Waals surface area contributed by atoms with Gasteiger partial charge in [0.15, 0.2) is 0 Å². The van der Waals surface area contributed by atoms with Gasteiger partial charge in [0.05, 0.1) is 12.2 Å². The fourth-order valence-electron chi connectivity index (χ4n) is 1.87. The zero-order chi connectivity index (χ0) is 13.8.